The molecule has 0 bridgehead atoms. The highest BCUT2D eigenvalue weighted by Crippen LogP contribution is 2.27. The van der Waals surface area contributed by atoms with Crippen LogP contribution in [0.25, 0.3) is 0 Å². The number of nitrogens with one attached hydrogen (secondary N) is 1. The zero-order valence-electron chi connectivity index (χ0n) is 13.8. The van der Waals surface area contributed by atoms with Crippen LogP contribution in [0.4, 0.5) is 19.0 Å². The van der Waals surface area contributed by atoms with Crippen molar-refractivity contribution >= 4 is 11.7 Å². The monoisotopic (exact) mass is 359 g/mol. The minimum atomic E-state index is -4.66. The number of amides is 1. The maximum absolute atomic E-state index is 12.3. The maximum atomic E-state index is 12.3. The molecule has 1 fully saturated rings. The van der Waals surface area contributed by atoms with Crippen molar-refractivity contribution in [3.63, 3.8) is 0 Å². The molecule has 0 aliphatic carbocycles. The molecule has 3 rings (SSSR count). The third kappa shape index (κ3) is 3.87. The molecule has 9 heteroatoms. The van der Waals surface area contributed by atoms with E-state index in [-0.39, 0.29) is 12.0 Å². The number of aryl methyl sites for hydroxylation is 1. The van der Waals surface area contributed by atoms with Crippen molar-refractivity contribution in [3.05, 3.63) is 22.9 Å². The highest BCUT2D eigenvalue weighted by molar-refractivity contribution is 5.98. The number of hydrogen-bond donors (Lipinski definition) is 2. The molecule has 1 aromatic heterocycles. The molecule has 0 saturated carbocycles. The maximum Gasteiger partial charge on any atom is 0.416 e. The van der Waals surface area contributed by atoms with Gasteiger partial charge in [0.15, 0.2) is 6.10 Å². The van der Waals surface area contributed by atoms with E-state index in [9.17, 15) is 18.0 Å². The summed E-state index contributed by atoms with van der Waals surface area (Å²) in [5, 5.41) is 11.7. The summed E-state index contributed by atoms with van der Waals surface area (Å²) >= 11 is 0. The number of aromatic nitrogens is 1. The van der Waals surface area contributed by atoms with Crippen molar-refractivity contribution in [2.75, 3.05) is 24.6 Å². The van der Waals surface area contributed by atoms with Crippen molar-refractivity contribution < 1.29 is 27.8 Å². The van der Waals surface area contributed by atoms with Crippen molar-refractivity contribution in [3.8, 4) is 0 Å². The number of piperidine rings is 1. The van der Waals surface area contributed by atoms with Crippen molar-refractivity contribution in [2.24, 2.45) is 0 Å². The summed E-state index contributed by atoms with van der Waals surface area (Å²) in [7, 11) is 0. The van der Waals surface area contributed by atoms with Crippen LogP contribution in [0.5, 0.6) is 0 Å². The van der Waals surface area contributed by atoms with Gasteiger partial charge in [0, 0.05) is 13.1 Å². The summed E-state index contributed by atoms with van der Waals surface area (Å²) in [4.78, 5) is 18.3. The average Bonchev–Trinajstić information content (AvgIpc) is 2.92. The fraction of sp³-hybridized carbons (Fsp3) is 0.625. The summed E-state index contributed by atoms with van der Waals surface area (Å²) in [6, 6.07) is 1.82. The lowest BCUT2D eigenvalue weighted by Gasteiger charge is -2.34. The number of carbonyl (C=O) groups is 1. The molecule has 2 aliphatic heterocycles. The topological polar surface area (TPSA) is 74.7 Å². The van der Waals surface area contributed by atoms with Crippen LogP contribution < -0.4 is 10.2 Å². The summed E-state index contributed by atoms with van der Waals surface area (Å²) in [6.45, 7) is 2.76. The van der Waals surface area contributed by atoms with Gasteiger partial charge in [-0.1, -0.05) is 0 Å². The molecule has 6 nitrogen and oxygen atoms in total. The Morgan fingerprint density at radius 2 is 2.12 bits per heavy atom. The van der Waals surface area contributed by atoms with Crippen LogP contribution in [0, 0.1) is 6.92 Å². The number of halogens is 3. The third-order valence-electron chi connectivity index (χ3n) is 4.54. The number of ether oxygens (including phenoxy) is 1. The first kappa shape index (κ1) is 17.9. The lowest BCUT2D eigenvalue weighted by atomic mass is 10.1. The standard InChI is InChI=1S/C16H20F3N3O3/c1-9-6-11-12(7-20-15(11)24)21-14(9)22-4-2-10(3-5-22)25-8-13(23)16(17,18)19/h6,10,13,23H,2-5,7-8H2,1H3,(H,20,24). The Morgan fingerprint density at radius 1 is 1.44 bits per heavy atom. The van der Waals surface area contributed by atoms with Crippen molar-refractivity contribution in [1.82, 2.24) is 10.3 Å². The Kier molecular flexibility index (Phi) is 4.88. The molecular weight excluding hydrogens is 339 g/mol. The van der Waals surface area contributed by atoms with E-state index in [1.807, 2.05) is 13.0 Å². The number of pyridine rings is 1. The van der Waals surface area contributed by atoms with Crippen molar-refractivity contribution in [1.29, 1.82) is 0 Å². The van der Waals surface area contributed by atoms with Gasteiger partial charge in [-0.15, -0.1) is 0 Å². The molecule has 1 saturated heterocycles. The Balaban J connectivity index is 1.57. The molecule has 2 aliphatic rings. The minimum absolute atomic E-state index is 0.118. The number of alkyl halides is 3. The Bertz CT molecular complexity index is 658. The number of anilines is 1. The Labute approximate surface area is 143 Å². The van der Waals surface area contributed by atoms with Gasteiger partial charge in [-0.2, -0.15) is 13.2 Å². The van der Waals surface area contributed by atoms with Crippen LogP contribution in [0.2, 0.25) is 0 Å². The molecule has 138 valence electrons. The summed E-state index contributed by atoms with van der Waals surface area (Å²) < 4.78 is 42.1. The molecule has 0 aromatic carbocycles. The SMILES string of the molecule is Cc1cc2c(nc1N1CCC(OCC(O)C(F)(F)F)CC1)CNC2=O. The normalized spacial score (nSPS) is 19.7. The first-order valence-corrected chi connectivity index (χ1v) is 8.15. The Hall–Kier alpha value is -1.87. The smallest absolute Gasteiger partial charge is 0.382 e. The molecule has 1 atom stereocenters. The second kappa shape index (κ2) is 6.80. The summed E-state index contributed by atoms with van der Waals surface area (Å²) in [5.74, 6) is 0.677. The van der Waals surface area contributed by atoms with Crippen LogP contribution in [0.1, 0.15) is 34.5 Å². The molecular formula is C16H20F3N3O3. The number of aliphatic hydroxyl groups is 1. The van der Waals surface area contributed by atoms with Gasteiger partial charge >= 0.3 is 6.18 Å². The zero-order valence-corrected chi connectivity index (χ0v) is 13.8. The first-order valence-electron chi connectivity index (χ1n) is 8.15. The lowest BCUT2D eigenvalue weighted by molar-refractivity contribution is -0.221. The van der Waals surface area contributed by atoms with Crippen molar-refractivity contribution in [2.45, 2.75) is 44.7 Å². The second-order valence-corrected chi connectivity index (χ2v) is 6.38. The van der Waals surface area contributed by atoms with Gasteiger partial charge in [0.1, 0.15) is 5.82 Å². The zero-order chi connectivity index (χ0) is 18.2. The molecule has 25 heavy (non-hydrogen) atoms. The van der Waals surface area contributed by atoms with E-state index in [1.54, 1.807) is 0 Å². The van der Waals surface area contributed by atoms with E-state index >= 15 is 0 Å². The van der Waals surface area contributed by atoms with E-state index in [0.29, 0.717) is 38.0 Å². The van der Waals surface area contributed by atoms with Crippen LogP contribution in [0.3, 0.4) is 0 Å². The number of rotatable bonds is 4. The molecule has 2 N–H and O–H groups in total. The molecule has 1 unspecified atom stereocenters. The summed E-state index contributed by atoms with van der Waals surface area (Å²) in [5.41, 5.74) is 2.21. The summed E-state index contributed by atoms with van der Waals surface area (Å²) in [6.07, 6.45) is -6.31. The van der Waals surface area contributed by atoms with E-state index in [4.69, 9.17) is 9.84 Å². The predicted molar refractivity (Wildman–Crippen MR) is 83.4 cm³/mol. The predicted octanol–water partition coefficient (Wildman–Crippen LogP) is 1.54. The largest absolute Gasteiger partial charge is 0.416 e. The van der Waals surface area contributed by atoms with Gasteiger partial charge in [0.25, 0.3) is 5.91 Å². The molecule has 1 aromatic rings. The third-order valence-corrected chi connectivity index (χ3v) is 4.54. The highest BCUT2D eigenvalue weighted by Gasteiger charge is 2.39. The number of aliphatic hydroxyl groups excluding tert-OH is 1. The van der Waals surface area contributed by atoms with Gasteiger partial charge in [-0.3, -0.25) is 4.79 Å². The van der Waals surface area contributed by atoms with Gasteiger partial charge < -0.3 is 20.1 Å². The second-order valence-electron chi connectivity index (χ2n) is 6.38. The first-order chi connectivity index (χ1) is 11.8. The highest BCUT2D eigenvalue weighted by atomic mass is 19.4. The number of carbonyl (C=O) groups excluding carboxylic acids is 1. The molecule has 1 amide bonds. The molecule has 3 heterocycles. The van der Waals surface area contributed by atoms with E-state index < -0.39 is 18.9 Å². The van der Waals surface area contributed by atoms with Gasteiger partial charge in [-0.25, -0.2) is 4.98 Å². The fourth-order valence-electron chi connectivity index (χ4n) is 3.11. The number of hydrogen-bond acceptors (Lipinski definition) is 5. The van der Waals surface area contributed by atoms with E-state index in [2.05, 4.69) is 15.2 Å². The number of nitrogens with zero attached hydrogens (tertiary/aromatic N) is 2. The Morgan fingerprint density at radius 3 is 2.76 bits per heavy atom. The van der Waals surface area contributed by atoms with Crippen LogP contribution in [-0.4, -0.2) is 54.1 Å². The quantitative estimate of drug-likeness (QED) is 0.853. The average molecular weight is 359 g/mol. The molecule has 0 spiro atoms. The van der Waals surface area contributed by atoms with Crippen LogP contribution in [0.15, 0.2) is 6.07 Å². The minimum Gasteiger partial charge on any atom is -0.382 e. The van der Waals surface area contributed by atoms with Gasteiger partial charge in [-0.05, 0) is 31.4 Å². The van der Waals surface area contributed by atoms with E-state index in [0.717, 1.165) is 17.1 Å². The fourth-order valence-corrected chi connectivity index (χ4v) is 3.11. The van der Waals surface area contributed by atoms with E-state index in [1.165, 1.54) is 0 Å². The molecule has 0 radical (unpaired) electrons. The van der Waals surface area contributed by atoms with Crippen LogP contribution >= 0.6 is 0 Å². The van der Waals surface area contributed by atoms with Gasteiger partial charge in [0.2, 0.25) is 0 Å². The van der Waals surface area contributed by atoms with Crippen LogP contribution in [-0.2, 0) is 11.3 Å². The van der Waals surface area contributed by atoms with Gasteiger partial charge in [0.05, 0.1) is 30.5 Å². The number of fused-ring (bicyclic) bond motifs is 1. The lowest BCUT2D eigenvalue weighted by Crippen LogP contribution is -2.40.